The average molecular weight is 505 g/mol. The normalized spacial score (nSPS) is 13.4. The van der Waals surface area contributed by atoms with Crippen molar-refractivity contribution >= 4 is 27.6 Å². The molecular weight excluding hydrogens is 486 g/mol. The Morgan fingerprint density at radius 1 is 0.941 bits per heavy atom. The minimum atomic E-state index is -4.13. The topological polar surface area (TPSA) is 103 Å². The van der Waals surface area contributed by atoms with Crippen molar-refractivity contribution in [2.75, 3.05) is 4.72 Å². The fraction of sp³-hybridized carbons (Fsp3) is 0.182. The fourth-order valence-corrected chi connectivity index (χ4v) is 4.62. The molecule has 0 aliphatic heterocycles. The van der Waals surface area contributed by atoms with Gasteiger partial charge in [0.15, 0.2) is 5.82 Å². The van der Waals surface area contributed by atoms with Crippen molar-refractivity contribution in [1.82, 2.24) is 24.7 Å². The van der Waals surface area contributed by atoms with Gasteiger partial charge in [0.2, 0.25) is 16.0 Å². The summed E-state index contributed by atoms with van der Waals surface area (Å²) in [6.07, 6.45) is 2.74. The zero-order chi connectivity index (χ0) is 24.5. The van der Waals surface area contributed by atoms with E-state index in [1.54, 1.807) is 37.3 Å². The van der Waals surface area contributed by atoms with Crippen LogP contribution >= 0.6 is 11.6 Å². The van der Waals surface area contributed by atoms with Crippen LogP contribution in [0.4, 0.5) is 14.7 Å². The predicted octanol–water partition coefficient (Wildman–Crippen LogP) is 4.59. The highest BCUT2D eigenvalue weighted by Gasteiger charge is 2.32. The molecule has 8 nitrogen and oxygen atoms in total. The summed E-state index contributed by atoms with van der Waals surface area (Å²) in [6.45, 7) is 3.11. The third-order valence-corrected chi connectivity index (χ3v) is 7.38. The molecule has 4 rings (SSSR count). The molecule has 0 aliphatic carbocycles. The summed E-state index contributed by atoms with van der Waals surface area (Å²) in [6, 6.07) is 11.9. The van der Waals surface area contributed by atoms with Crippen LogP contribution in [0.2, 0.25) is 5.02 Å². The number of benzene rings is 2. The molecule has 34 heavy (non-hydrogen) atoms. The van der Waals surface area contributed by atoms with Gasteiger partial charge in [-0.25, -0.2) is 27.2 Å². The monoisotopic (exact) mass is 504 g/mol. The zero-order valence-electron chi connectivity index (χ0n) is 18.0. The minimum absolute atomic E-state index is 0.0593. The number of nitrogens with one attached hydrogen (secondary N) is 1. The third-order valence-electron chi connectivity index (χ3n) is 5.33. The number of nitrogens with zero attached hydrogens (tertiary/aromatic N) is 5. The molecule has 0 radical (unpaired) electrons. The molecule has 12 heteroatoms. The largest absolute Gasteiger partial charge is 0.255 e. The molecule has 0 aliphatic rings. The summed E-state index contributed by atoms with van der Waals surface area (Å²) in [4.78, 5) is 8.17. The van der Waals surface area contributed by atoms with E-state index in [2.05, 4.69) is 24.9 Å². The summed E-state index contributed by atoms with van der Waals surface area (Å²) < 4.78 is 59.3. The second-order valence-electron chi connectivity index (χ2n) is 7.52. The van der Waals surface area contributed by atoms with E-state index in [4.69, 9.17) is 11.6 Å². The molecular formula is C22H19ClF2N6O2S. The third kappa shape index (κ3) is 4.62. The second-order valence-corrected chi connectivity index (χ2v) is 9.99. The molecule has 2 unspecified atom stereocenters. The van der Waals surface area contributed by atoms with E-state index in [9.17, 15) is 17.2 Å². The second kappa shape index (κ2) is 9.43. The molecule has 0 bridgehead atoms. The maximum absolute atomic E-state index is 14.7. The average Bonchev–Trinajstić information content (AvgIpc) is 3.21. The van der Waals surface area contributed by atoms with Crippen molar-refractivity contribution in [3.05, 3.63) is 83.4 Å². The quantitative estimate of drug-likeness (QED) is 0.395. The Hall–Kier alpha value is -3.44. The lowest BCUT2D eigenvalue weighted by Crippen LogP contribution is -2.31. The first kappa shape index (κ1) is 23.7. The first-order valence-electron chi connectivity index (χ1n) is 10.1. The van der Waals surface area contributed by atoms with Gasteiger partial charge in [-0.15, -0.1) is 10.2 Å². The van der Waals surface area contributed by atoms with Gasteiger partial charge < -0.3 is 0 Å². The fourth-order valence-electron chi connectivity index (χ4n) is 3.30. The van der Waals surface area contributed by atoms with Crippen LogP contribution in [0.3, 0.4) is 0 Å². The molecule has 2 aromatic carbocycles. The maximum atomic E-state index is 14.7. The van der Waals surface area contributed by atoms with Crippen LogP contribution in [-0.2, 0) is 10.0 Å². The maximum Gasteiger partial charge on any atom is 0.243 e. The van der Waals surface area contributed by atoms with Crippen molar-refractivity contribution < 1.29 is 17.2 Å². The van der Waals surface area contributed by atoms with Crippen LogP contribution in [0.5, 0.6) is 0 Å². The smallest absolute Gasteiger partial charge is 0.243 e. The molecule has 176 valence electrons. The van der Waals surface area contributed by atoms with Crippen LogP contribution in [0.1, 0.15) is 25.6 Å². The summed E-state index contributed by atoms with van der Waals surface area (Å²) in [7, 11) is -4.13. The molecule has 2 atom stereocenters. The lowest BCUT2D eigenvalue weighted by Gasteiger charge is -2.20. The van der Waals surface area contributed by atoms with Gasteiger partial charge in [-0.2, -0.15) is 0 Å². The number of sulfonamides is 1. The molecule has 2 heterocycles. The minimum Gasteiger partial charge on any atom is -0.255 e. The number of hydrogen-bond acceptors (Lipinski definition) is 6. The Kier molecular flexibility index (Phi) is 6.58. The van der Waals surface area contributed by atoms with Crippen molar-refractivity contribution in [1.29, 1.82) is 0 Å². The van der Waals surface area contributed by atoms with Crippen LogP contribution in [0.15, 0.2) is 60.9 Å². The van der Waals surface area contributed by atoms with Gasteiger partial charge in [-0.1, -0.05) is 54.9 Å². The summed E-state index contributed by atoms with van der Waals surface area (Å²) in [5.41, 5.74) is -0.0233. The SMILES string of the molecule is CC(c1ncc(Cl)cn1)C(C)S(=O)(=O)Nc1nnc(-c2ccccc2)n1-c1c(F)cccc1F. The lowest BCUT2D eigenvalue weighted by atomic mass is 10.1. The predicted molar refractivity (Wildman–Crippen MR) is 124 cm³/mol. The van der Waals surface area contributed by atoms with Gasteiger partial charge in [-0.05, 0) is 19.1 Å². The molecule has 2 aromatic heterocycles. The first-order valence-corrected chi connectivity index (χ1v) is 12.1. The van der Waals surface area contributed by atoms with Gasteiger partial charge in [-0.3, -0.25) is 9.29 Å². The van der Waals surface area contributed by atoms with Crippen LogP contribution in [0.25, 0.3) is 17.1 Å². The highest BCUT2D eigenvalue weighted by atomic mass is 35.5. The Balaban J connectivity index is 1.77. The number of hydrogen-bond donors (Lipinski definition) is 1. The number of anilines is 1. The summed E-state index contributed by atoms with van der Waals surface area (Å²) >= 11 is 5.81. The van der Waals surface area contributed by atoms with Crippen molar-refractivity contribution in [2.24, 2.45) is 0 Å². The van der Waals surface area contributed by atoms with E-state index in [1.807, 2.05) is 0 Å². The molecule has 1 N–H and O–H groups in total. The number of aromatic nitrogens is 5. The summed E-state index contributed by atoms with van der Waals surface area (Å²) in [5.74, 6) is -2.48. The highest BCUT2D eigenvalue weighted by Crippen LogP contribution is 2.30. The van der Waals surface area contributed by atoms with Crippen LogP contribution in [0, 0.1) is 11.6 Å². The molecule has 0 saturated carbocycles. The van der Waals surface area contributed by atoms with E-state index >= 15 is 0 Å². The van der Waals surface area contributed by atoms with Crippen LogP contribution < -0.4 is 4.72 Å². The van der Waals surface area contributed by atoms with E-state index in [1.165, 1.54) is 25.4 Å². The van der Waals surface area contributed by atoms with Gasteiger partial charge in [0.05, 0.1) is 10.3 Å². The van der Waals surface area contributed by atoms with Crippen molar-refractivity contribution in [2.45, 2.75) is 25.0 Å². The molecule has 0 amide bonds. The van der Waals surface area contributed by atoms with Gasteiger partial charge in [0.1, 0.15) is 23.1 Å². The van der Waals surface area contributed by atoms with E-state index in [0.29, 0.717) is 10.6 Å². The van der Waals surface area contributed by atoms with Gasteiger partial charge in [0, 0.05) is 23.9 Å². The summed E-state index contributed by atoms with van der Waals surface area (Å²) in [5, 5.41) is 7.20. The Bertz CT molecular complexity index is 1400. The standard InChI is InChI=1S/C22H19ClF2N6O2S/c1-13(20-26-11-16(23)12-27-20)14(2)34(32,33)30-22-29-28-21(15-7-4-3-5-8-15)31(22)19-17(24)9-6-10-18(19)25/h3-14H,1-2H3,(H,29,30). The lowest BCUT2D eigenvalue weighted by molar-refractivity contribution is 0.564. The Labute approximate surface area is 199 Å². The molecule has 0 spiro atoms. The highest BCUT2D eigenvalue weighted by molar-refractivity contribution is 7.93. The first-order chi connectivity index (χ1) is 16.2. The Morgan fingerprint density at radius 2 is 1.56 bits per heavy atom. The van der Waals surface area contributed by atoms with E-state index < -0.39 is 38.5 Å². The van der Waals surface area contributed by atoms with Crippen molar-refractivity contribution in [3.8, 4) is 17.1 Å². The number of para-hydroxylation sites is 1. The number of halogens is 3. The molecule has 0 saturated heterocycles. The molecule has 0 fully saturated rings. The number of rotatable bonds is 7. The van der Waals surface area contributed by atoms with E-state index in [0.717, 1.165) is 16.7 Å². The van der Waals surface area contributed by atoms with Crippen molar-refractivity contribution in [3.63, 3.8) is 0 Å². The van der Waals surface area contributed by atoms with Gasteiger partial charge in [0.25, 0.3) is 0 Å². The Morgan fingerprint density at radius 3 is 2.18 bits per heavy atom. The zero-order valence-corrected chi connectivity index (χ0v) is 19.6. The van der Waals surface area contributed by atoms with Gasteiger partial charge >= 0.3 is 0 Å². The van der Waals surface area contributed by atoms with Crippen LogP contribution in [-0.4, -0.2) is 38.4 Å². The molecule has 4 aromatic rings. The van der Waals surface area contributed by atoms with E-state index in [-0.39, 0.29) is 17.6 Å².